The second-order valence-electron chi connectivity index (χ2n) is 3.85. The molecule has 0 aromatic heterocycles. The zero-order valence-corrected chi connectivity index (χ0v) is 9.72. The lowest BCUT2D eigenvalue weighted by Gasteiger charge is -1.99. The SMILES string of the molecule is CCCCC=C(C=O)CCCCCC. The summed E-state index contributed by atoms with van der Waals surface area (Å²) in [7, 11) is 0. The fourth-order valence-electron chi connectivity index (χ4n) is 1.46. The average molecular weight is 196 g/mol. The molecule has 0 fully saturated rings. The van der Waals surface area contributed by atoms with E-state index in [1.54, 1.807) is 0 Å². The number of allylic oxidation sites excluding steroid dienone is 2. The van der Waals surface area contributed by atoms with Crippen molar-refractivity contribution in [3.05, 3.63) is 11.6 Å². The quantitative estimate of drug-likeness (QED) is 0.306. The molecule has 0 saturated carbocycles. The standard InChI is InChI=1S/C13H24O/c1-3-5-7-9-11-13(12-14)10-8-6-4-2/h10,12H,3-9,11H2,1-2H3. The van der Waals surface area contributed by atoms with E-state index in [9.17, 15) is 4.79 Å². The first-order valence-electron chi connectivity index (χ1n) is 5.99. The van der Waals surface area contributed by atoms with Crippen LogP contribution in [0.2, 0.25) is 0 Å². The molecular weight excluding hydrogens is 172 g/mol. The van der Waals surface area contributed by atoms with Gasteiger partial charge in [-0.3, -0.25) is 4.79 Å². The molecule has 1 nitrogen and oxygen atoms in total. The van der Waals surface area contributed by atoms with Crippen LogP contribution in [0.1, 0.15) is 65.2 Å². The summed E-state index contributed by atoms with van der Waals surface area (Å²) in [5, 5.41) is 0. The molecular formula is C13H24O. The number of carbonyl (C=O) groups is 1. The fraction of sp³-hybridized carbons (Fsp3) is 0.769. The van der Waals surface area contributed by atoms with Gasteiger partial charge in [-0.25, -0.2) is 0 Å². The summed E-state index contributed by atoms with van der Waals surface area (Å²) in [6, 6.07) is 0. The maximum Gasteiger partial charge on any atom is 0.145 e. The van der Waals surface area contributed by atoms with Crippen molar-refractivity contribution >= 4 is 6.29 Å². The first-order valence-corrected chi connectivity index (χ1v) is 5.99. The van der Waals surface area contributed by atoms with Crippen LogP contribution in [-0.4, -0.2) is 6.29 Å². The summed E-state index contributed by atoms with van der Waals surface area (Å²) in [5.74, 6) is 0. The van der Waals surface area contributed by atoms with Crippen molar-refractivity contribution in [1.29, 1.82) is 0 Å². The number of hydrogen-bond donors (Lipinski definition) is 0. The minimum Gasteiger partial charge on any atom is -0.298 e. The first kappa shape index (κ1) is 13.4. The van der Waals surface area contributed by atoms with Crippen molar-refractivity contribution < 1.29 is 4.79 Å². The molecule has 0 aliphatic heterocycles. The van der Waals surface area contributed by atoms with Gasteiger partial charge < -0.3 is 0 Å². The van der Waals surface area contributed by atoms with Gasteiger partial charge in [0.15, 0.2) is 0 Å². The molecule has 0 aromatic rings. The second kappa shape index (κ2) is 10.5. The fourth-order valence-corrected chi connectivity index (χ4v) is 1.46. The molecule has 0 radical (unpaired) electrons. The molecule has 1 heteroatoms. The van der Waals surface area contributed by atoms with Crippen molar-refractivity contribution in [3.63, 3.8) is 0 Å². The Morgan fingerprint density at radius 3 is 2.29 bits per heavy atom. The van der Waals surface area contributed by atoms with Gasteiger partial charge in [-0.05, 0) is 24.8 Å². The predicted molar refractivity (Wildman–Crippen MR) is 62.4 cm³/mol. The van der Waals surface area contributed by atoms with Crippen molar-refractivity contribution in [3.8, 4) is 0 Å². The third-order valence-electron chi connectivity index (χ3n) is 2.43. The molecule has 0 aliphatic rings. The molecule has 0 spiro atoms. The highest BCUT2D eigenvalue weighted by atomic mass is 16.1. The maximum atomic E-state index is 10.7. The van der Waals surface area contributed by atoms with E-state index in [4.69, 9.17) is 0 Å². The summed E-state index contributed by atoms with van der Waals surface area (Å²) in [4.78, 5) is 10.7. The molecule has 0 unspecified atom stereocenters. The van der Waals surface area contributed by atoms with Gasteiger partial charge in [-0.1, -0.05) is 52.0 Å². The van der Waals surface area contributed by atoms with Gasteiger partial charge in [-0.15, -0.1) is 0 Å². The van der Waals surface area contributed by atoms with Gasteiger partial charge >= 0.3 is 0 Å². The molecule has 0 amide bonds. The molecule has 14 heavy (non-hydrogen) atoms. The van der Waals surface area contributed by atoms with Crippen molar-refractivity contribution in [1.82, 2.24) is 0 Å². The number of aldehydes is 1. The van der Waals surface area contributed by atoms with Crippen molar-refractivity contribution in [2.45, 2.75) is 65.2 Å². The molecule has 0 rings (SSSR count). The van der Waals surface area contributed by atoms with Gasteiger partial charge in [0, 0.05) is 0 Å². The van der Waals surface area contributed by atoms with Gasteiger partial charge in [0.1, 0.15) is 6.29 Å². The summed E-state index contributed by atoms with van der Waals surface area (Å²) in [6.45, 7) is 4.38. The summed E-state index contributed by atoms with van der Waals surface area (Å²) < 4.78 is 0. The maximum absolute atomic E-state index is 10.7. The van der Waals surface area contributed by atoms with Gasteiger partial charge in [-0.2, -0.15) is 0 Å². The minimum atomic E-state index is 0.979. The Bertz CT molecular complexity index is 159. The number of rotatable bonds is 9. The number of hydrogen-bond acceptors (Lipinski definition) is 1. The third-order valence-corrected chi connectivity index (χ3v) is 2.43. The zero-order valence-electron chi connectivity index (χ0n) is 9.72. The van der Waals surface area contributed by atoms with Crippen LogP contribution < -0.4 is 0 Å². The van der Waals surface area contributed by atoms with E-state index in [2.05, 4.69) is 19.9 Å². The van der Waals surface area contributed by atoms with Crippen LogP contribution in [0.4, 0.5) is 0 Å². The first-order chi connectivity index (χ1) is 6.85. The highest BCUT2D eigenvalue weighted by Gasteiger charge is 1.95. The topological polar surface area (TPSA) is 17.1 Å². The van der Waals surface area contributed by atoms with Gasteiger partial charge in [0.05, 0.1) is 0 Å². The lowest BCUT2D eigenvalue weighted by Crippen LogP contribution is -1.86. The van der Waals surface area contributed by atoms with Crippen LogP contribution in [-0.2, 0) is 4.79 Å². The van der Waals surface area contributed by atoms with E-state index in [0.717, 1.165) is 24.7 Å². The smallest absolute Gasteiger partial charge is 0.145 e. The Balaban J connectivity index is 3.56. The van der Waals surface area contributed by atoms with Crippen LogP contribution in [0.5, 0.6) is 0 Å². The van der Waals surface area contributed by atoms with Crippen molar-refractivity contribution in [2.75, 3.05) is 0 Å². The predicted octanol–water partition coefficient (Wildman–Crippen LogP) is 4.27. The molecule has 0 atom stereocenters. The van der Waals surface area contributed by atoms with Crippen LogP contribution in [0.15, 0.2) is 11.6 Å². The highest BCUT2D eigenvalue weighted by molar-refractivity contribution is 5.72. The number of carbonyl (C=O) groups excluding carboxylic acids is 1. The Kier molecular flexibility index (Phi) is 10.0. The van der Waals surface area contributed by atoms with Crippen LogP contribution in [0, 0.1) is 0 Å². The monoisotopic (exact) mass is 196 g/mol. The van der Waals surface area contributed by atoms with E-state index in [0.29, 0.717) is 0 Å². The normalized spacial score (nSPS) is 11.7. The van der Waals surface area contributed by atoms with Gasteiger partial charge in [0.2, 0.25) is 0 Å². The Labute approximate surface area is 88.6 Å². The van der Waals surface area contributed by atoms with Gasteiger partial charge in [0.25, 0.3) is 0 Å². The highest BCUT2D eigenvalue weighted by Crippen LogP contribution is 2.10. The molecule has 0 aliphatic carbocycles. The van der Waals surface area contributed by atoms with E-state index < -0.39 is 0 Å². The van der Waals surface area contributed by atoms with E-state index >= 15 is 0 Å². The Morgan fingerprint density at radius 2 is 1.71 bits per heavy atom. The summed E-state index contributed by atoms with van der Waals surface area (Å²) in [6.07, 6.45) is 12.6. The van der Waals surface area contributed by atoms with Crippen LogP contribution in [0.3, 0.4) is 0 Å². The molecule has 0 aromatic carbocycles. The largest absolute Gasteiger partial charge is 0.298 e. The second-order valence-corrected chi connectivity index (χ2v) is 3.85. The minimum absolute atomic E-state index is 0.979. The summed E-state index contributed by atoms with van der Waals surface area (Å²) in [5.41, 5.74) is 1.01. The lowest BCUT2D eigenvalue weighted by molar-refractivity contribution is -0.105. The van der Waals surface area contributed by atoms with Crippen LogP contribution in [0.25, 0.3) is 0 Å². The molecule has 0 N–H and O–H groups in total. The lowest BCUT2D eigenvalue weighted by atomic mass is 10.1. The van der Waals surface area contributed by atoms with E-state index in [1.165, 1.54) is 38.5 Å². The number of unbranched alkanes of at least 4 members (excludes halogenated alkanes) is 5. The average Bonchev–Trinajstić information content (AvgIpc) is 2.22. The zero-order chi connectivity index (χ0) is 10.6. The summed E-state index contributed by atoms with van der Waals surface area (Å²) >= 11 is 0. The molecule has 0 heterocycles. The van der Waals surface area contributed by atoms with E-state index in [-0.39, 0.29) is 0 Å². The molecule has 0 bridgehead atoms. The molecule has 82 valence electrons. The van der Waals surface area contributed by atoms with Crippen molar-refractivity contribution in [2.24, 2.45) is 0 Å². The Hall–Kier alpha value is -0.590. The third kappa shape index (κ3) is 8.03. The molecule has 0 saturated heterocycles. The Morgan fingerprint density at radius 1 is 1.00 bits per heavy atom. The van der Waals surface area contributed by atoms with Crippen LogP contribution >= 0.6 is 0 Å². The van der Waals surface area contributed by atoms with E-state index in [1.807, 2.05) is 0 Å².